The maximum Gasteiger partial charge on any atom is 0.273 e. The van der Waals surface area contributed by atoms with Crippen LogP contribution in [0.3, 0.4) is 0 Å². The summed E-state index contributed by atoms with van der Waals surface area (Å²) in [4.78, 5) is 31.6. The normalized spacial score (nSPS) is 15.6. The highest BCUT2D eigenvalue weighted by molar-refractivity contribution is 7.09. The number of piperidine rings is 1. The minimum atomic E-state index is -0.0252. The van der Waals surface area contributed by atoms with Crippen LogP contribution in [0.2, 0.25) is 0 Å². The molecule has 0 unspecified atom stereocenters. The highest BCUT2D eigenvalue weighted by Crippen LogP contribution is 2.19. The predicted molar refractivity (Wildman–Crippen MR) is 91.8 cm³/mol. The Morgan fingerprint density at radius 2 is 2.17 bits per heavy atom. The summed E-state index contributed by atoms with van der Waals surface area (Å²) in [6, 6.07) is 4.11. The fourth-order valence-electron chi connectivity index (χ4n) is 2.73. The van der Waals surface area contributed by atoms with E-state index in [2.05, 4.69) is 16.4 Å². The molecule has 0 saturated carbocycles. The zero-order chi connectivity index (χ0) is 16.1. The molecule has 1 saturated heterocycles. The molecule has 1 aliphatic heterocycles. The van der Waals surface area contributed by atoms with Gasteiger partial charge in [0.1, 0.15) is 5.69 Å². The van der Waals surface area contributed by atoms with E-state index < -0.39 is 0 Å². The molecular weight excluding hydrogens is 330 g/mol. The molecule has 0 aliphatic carbocycles. The molecule has 1 N–H and O–H groups in total. The Bertz CT molecular complexity index is 632. The monoisotopic (exact) mass is 349 g/mol. The van der Waals surface area contributed by atoms with E-state index in [1.807, 2.05) is 11.4 Å². The van der Waals surface area contributed by atoms with E-state index in [9.17, 15) is 9.59 Å². The number of nitrogens with zero attached hydrogens (tertiary/aromatic N) is 2. The van der Waals surface area contributed by atoms with Crippen molar-refractivity contribution in [3.8, 4) is 0 Å². The first kappa shape index (κ1) is 16.1. The lowest BCUT2D eigenvalue weighted by molar-refractivity contribution is -0.126. The minimum Gasteiger partial charge on any atom is -0.355 e. The largest absolute Gasteiger partial charge is 0.355 e. The van der Waals surface area contributed by atoms with Gasteiger partial charge >= 0.3 is 0 Å². The summed E-state index contributed by atoms with van der Waals surface area (Å²) in [5, 5.41) is 6.83. The smallest absolute Gasteiger partial charge is 0.273 e. The number of rotatable bonds is 5. The van der Waals surface area contributed by atoms with Crippen molar-refractivity contribution in [1.29, 1.82) is 0 Å². The fourth-order valence-corrected chi connectivity index (χ4v) is 3.97. The van der Waals surface area contributed by atoms with E-state index in [4.69, 9.17) is 0 Å². The molecule has 2 aromatic rings. The third-order valence-electron chi connectivity index (χ3n) is 4.06. The summed E-state index contributed by atoms with van der Waals surface area (Å²) in [5.74, 6) is 0.0999. The number of thiophene rings is 1. The summed E-state index contributed by atoms with van der Waals surface area (Å²) in [7, 11) is 0. The molecular formula is C16H19N3O2S2. The van der Waals surface area contributed by atoms with Gasteiger partial charge in [-0.2, -0.15) is 0 Å². The molecule has 1 aliphatic rings. The van der Waals surface area contributed by atoms with Gasteiger partial charge in [-0.1, -0.05) is 6.07 Å². The molecule has 1 fully saturated rings. The second kappa shape index (κ2) is 7.70. The van der Waals surface area contributed by atoms with Crippen LogP contribution in [0.1, 0.15) is 28.2 Å². The molecule has 3 rings (SSSR count). The van der Waals surface area contributed by atoms with Gasteiger partial charge in [-0.25, -0.2) is 4.98 Å². The molecule has 5 nitrogen and oxygen atoms in total. The van der Waals surface area contributed by atoms with E-state index in [1.165, 1.54) is 16.2 Å². The molecule has 3 heterocycles. The molecule has 0 atom stereocenters. The van der Waals surface area contributed by atoms with Gasteiger partial charge in [0.05, 0.1) is 5.51 Å². The lowest BCUT2D eigenvalue weighted by Gasteiger charge is -2.30. The summed E-state index contributed by atoms with van der Waals surface area (Å²) >= 11 is 3.14. The maximum absolute atomic E-state index is 12.2. The number of hydrogen-bond acceptors (Lipinski definition) is 5. The van der Waals surface area contributed by atoms with Gasteiger partial charge in [-0.05, 0) is 30.7 Å². The number of likely N-dealkylation sites (tertiary alicyclic amines) is 1. The molecule has 2 amide bonds. The van der Waals surface area contributed by atoms with Crippen LogP contribution in [0, 0.1) is 5.92 Å². The molecule has 0 aromatic carbocycles. The Balaban J connectivity index is 1.41. The lowest BCUT2D eigenvalue weighted by Crippen LogP contribution is -2.43. The number of carbonyl (C=O) groups excluding carboxylic acids is 2. The summed E-state index contributed by atoms with van der Waals surface area (Å²) in [6.45, 7) is 1.93. The van der Waals surface area contributed by atoms with Gasteiger partial charge in [0.2, 0.25) is 5.91 Å². The van der Waals surface area contributed by atoms with E-state index in [1.54, 1.807) is 27.1 Å². The SMILES string of the molecule is O=C(NCCc1cccs1)C1CCN(C(=O)c2cscn2)CC1. The van der Waals surface area contributed by atoms with Crippen molar-refractivity contribution in [3.63, 3.8) is 0 Å². The van der Waals surface area contributed by atoms with Crippen LogP contribution in [0.15, 0.2) is 28.4 Å². The molecule has 7 heteroatoms. The number of aromatic nitrogens is 1. The van der Waals surface area contributed by atoms with Gasteiger partial charge in [0.25, 0.3) is 5.91 Å². The van der Waals surface area contributed by atoms with Crippen molar-refractivity contribution < 1.29 is 9.59 Å². The van der Waals surface area contributed by atoms with Crippen LogP contribution in [0.5, 0.6) is 0 Å². The second-order valence-corrected chi connectivity index (χ2v) is 7.31. The van der Waals surface area contributed by atoms with E-state index in [0.717, 1.165) is 19.3 Å². The van der Waals surface area contributed by atoms with Crippen molar-refractivity contribution in [2.45, 2.75) is 19.3 Å². The zero-order valence-electron chi connectivity index (χ0n) is 12.7. The average Bonchev–Trinajstić information content (AvgIpc) is 3.28. The van der Waals surface area contributed by atoms with Crippen LogP contribution in [-0.2, 0) is 11.2 Å². The van der Waals surface area contributed by atoms with Gasteiger partial charge in [-0.3, -0.25) is 9.59 Å². The standard InChI is InChI=1S/C16H19N3O2S2/c20-15(17-6-3-13-2-1-9-23-13)12-4-7-19(8-5-12)16(21)14-10-22-11-18-14/h1-2,9-12H,3-8H2,(H,17,20). The van der Waals surface area contributed by atoms with Crippen LogP contribution in [-0.4, -0.2) is 41.3 Å². The first-order valence-corrected chi connectivity index (χ1v) is 9.54. The van der Waals surface area contributed by atoms with Gasteiger partial charge < -0.3 is 10.2 Å². The molecule has 23 heavy (non-hydrogen) atoms. The predicted octanol–water partition coefficient (Wildman–Crippen LogP) is 2.42. The van der Waals surface area contributed by atoms with Gasteiger partial charge in [0, 0.05) is 35.8 Å². The Morgan fingerprint density at radius 3 is 2.83 bits per heavy atom. The van der Waals surface area contributed by atoms with Crippen LogP contribution in [0.25, 0.3) is 0 Å². The van der Waals surface area contributed by atoms with Crippen LogP contribution >= 0.6 is 22.7 Å². The molecule has 0 radical (unpaired) electrons. The third kappa shape index (κ3) is 4.17. The quantitative estimate of drug-likeness (QED) is 0.902. The summed E-state index contributed by atoms with van der Waals surface area (Å²) in [6.07, 6.45) is 2.33. The Morgan fingerprint density at radius 1 is 1.35 bits per heavy atom. The number of thiazole rings is 1. The van der Waals surface area contributed by atoms with E-state index in [0.29, 0.717) is 25.3 Å². The van der Waals surface area contributed by atoms with E-state index in [-0.39, 0.29) is 17.7 Å². The van der Waals surface area contributed by atoms with Crippen molar-refractivity contribution in [2.24, 2.45) is 5.92 Å². The Kier molecular flexibility index (Phi) is 5.40. The highest BCUT2D eigenvalue weighted by Gasteiger charge is 2.28. The molecule has 2 aromatic heterocycles. The summed E-state index contributed by atoms with van der Waals surface area (Å²) in [5.41, 5.74) is 2.18. The van der Waals surface area contributed by atoms with Gasteiger partial charge in [0.15, 0.2) is 0 Å². The number of carbonyl (C=O) groups is 2. The first-order valence-electron chi connectivity index (χ1n) is 7.71. The van der Waals surface area contributed by atoms with Gasteiger partial charge in [-0.15, -0.1) is 22.7 Å². The van der Waals surface area contributed by atoms with Crippen molar-refractivity contribution in [3.05, 3.63) is 39.0 Å². The minimum absolute atomic E-state index is 0.0119. The number of amides is 2. The Hall–Kier alpha value is -1.73. The Labute approximate surface area is 143 Å². The maximum atomic E-state index is 12.2. The topological polar surface area (TPSA) is 62.3 Å². The summed E-state index contributed by atoms with van der Waals surface area (Å²) < 4.78 is 0. The second-order valence-electron chi connectivity index (χ2n) is 5.56. The fraction of sp³-hybridized carbons (Fsp3) is 0.438. The van der Waals surface area contributed by atoms with Crippen molar-refractivity contribution in [2.75, 3.05) is 19.6 Å². The molecule has 0 spiro atoms. The van der Waals surface area contributed by atoms with Crippen molar-refractivity contribution in [1.82, 2.24) is 15.2 Å². The van der Waals surface area contributed by atoms with Crippen LogP contribution < -0.4 is 5.32 Å². The number of hydrogen-bond donors (Lipinski definition) is 1. The molecule has 122 valence electrons. The third-order valence-corrected chi connectivity index (χ3v) is 5.58. The number of nitrogens with one attached hydrogen (secondary N) is 1. The highest BCUT2D eigenvalue weighted by atomic mass is 32.1. The van der Waals surface area contributed by atoms with Crippen LogP contribution in [0.4, 0.5) is 0 Å². The zero-order valence-corrected chi connectivity index (χ0v) is 14.4. The van der Waals surface area contributed by atoms with E-state index >= 15 is 0 Å². The first-order chi connectivity index (χ1) is 11.2. The average molecular weight is 349 g/mol. The van der Waals surface area contributed by atoms with Crippen molar-refractivity contribution >= 4 is 34.5 Å². The lowest BCUT2D eigenvalue weighted by atomic mass is 9.95. The molecule has 0 bridgehead atoms.